The number of fused-ring (bicyclic) bond motifs is 1. The van der Waals surface area contributed by atoms with E-state index in [0.717, 1.165) is 40.9 Å². The summed E-state index contributed by atoms with van der Waals surface area (Å²) in [5.41, 5.74) is 4.63. The van der Waals surface area contributed by atoms with Crippen LogP contribution >= 0.6 is 0 Å². The predicted molar refractivity (Wildman–Crippen MR) is 117 cm³/mol. The minimum Gasteiger partial charge on any atom is -0.368 e. The number of pyridine rings is 3. The smallest absolute Gasteiger partial charge is 0.253 e. The fourth-order valence-corrected chi connectivity index (χ4v) is 3.91. The van der Waals surface area contributed by atoms with Crippen molar-refractivity contribution in [1.82, 2.24) is 19.9 Å². The van der Waals surface area contributed by atoms with Crippen molar-refractivity contribution in [2.45, 2.75) is 0 Å². The molecule has 1 aliphatic heterocycles. The second kappa shape index (κ2) is 7.91. The van der Waals surface area contributed by atoms with E-state index >= 15 is 0 Å². The summed E-state index contributed by atoms with van der Waals surface area (Å²) in [6.45, 7) is 3.06. The van der Waals surface area contributed by atoms with Crippen LogP contribution in [0.1, 0.15) is 10.4 Å². The van der Waals surface area contributed by atoms with E-state index in [-0.39, 0.29) is 5.91 Å². The number of nitrogens with zero attached hydrogens (tertiary/aromatic N) is 5. The Labute approximate surface area is 174 Å². The molecule has 1 aliphatic rings. The number of carbonyl (C=O) groups is 1. The van der Waals surface area contributed by atoms with Gasteiger partial charge < -0.3 is 9.80 Å². The highest BCUT2D eigenvalue weighted by atomic mass is 16.2. The van der Waals surface area contributed by atoms with Gasteiger partial charge in [0.1, 0.15) is 0 Å². The van der Waals surface area contributed by atoms with Crippen LogP contribution in [0.5, 0.6) is 0 Å². The molecule has 0 aliphatic carbocycles. The maximum absolute atomic E-state index is 13.0. The van der Waals surface area contributed by atoms with Gasteiger partial charge in [-0.3, -0.25) is 19.7 Å². The molecule has 1 amide bonds. The normalized spacial score (nSPS) is 14.1. The second-order valence-corrected chi connectivity index (χ2v) is 7.29. The van der Waals surface area contributed by atoms with Crippen LogP contribution in [-0.4, -0.2) is 51.9 Å². The van der Waals surface area contributed by atoms with Crippen molar-refractivity contribution in [2.75, 3.05) is 31.1 Å². The van der Waals surface area contributed by atoms with Crippen molar-refractivity contribution in [3.8, 4) is 11.3 Å². The Balaban J connectivity index is 1.31. The van der Waals surface area contributed by atoms with Crippen LogP contribution in [0.4, 0.5) is 5.69 Å². The molecule has 1 aromatic carbocycles. The van der Waals surface area contributed by atoms with Gasteiger partial charge in [0.15, 0.2) is 0 Å². The van der Waals surface area contributed by atoms with Crippen molar-refractivity contribution >= 4 is 22.5 Å². The van der Waals surface area contributed by atoms with E-state index in [0.29, 0.717) is 18.7 Å². The molecule has 4 heterocycles. The highest BCUT2D eigenvalue weighted by Crippen LogP contribution is 2.26. The Morgan fingerprint density at radius 2 is 1.53 bits per heavy atom. The summed E-state index contributed by atoms with van der Waals surface area (Å²) in [5.74, 6) is 0.0727. The number of rotatable bonds is 3. The van der Waals surface area contributed by atoms with E-state index in [1.165, 1.54) is 0 Å². The average molecular weight is 395 g/mol. The highest BCUT2D eigenvalue weighted by Gasteiger charge is 2.22. The number of aromatic nitrogens is 3. The number of amides is 1. The number of piperazine rings is 1. The van der Waals surface area contributed by atoms with Crippen LogP contribution < -0.4 is 4.90 Å². The summed E-state index contributed by atoms with van der Waals surface area (Å²) >= 11 is 0. The van der Waals surface area contributed by atoms with Crippen LogP contribution in [0.2, 0.25) is 0 Å². The number of anilines is 1. The lowest BCUT2D eigenvalue weighted by Gasteiger charge is -2.36. The first-order valence-electron chi connectivity index (χ1n) is 10.0. The third-order valence-corrected chi connectivity index (χ3v) is 5.53. The first-order valence-corrected chi connectivity index (χ1v) is 10.0. The predicted octanol–water partition coefficient (Wildman–Crippen LogP) is 3.65. The van der Waals surface area contributed by atoms with E-state index in [9.17, 15) is 4.79 Å². The third kappa shape index (κ3) is 3.48. The summed E-state index contributed by atoms with van der Waals surface area (Å²) in [7, 11) is 0. The molecule has 0 unspecified atom stereocenters. The average Bonchev–Trinajstić information content (AvgIpc) is 2.84. The first kappa shape index (κ1) is 18.2. The van der Waals surface area contributed by atoms with Gasteiger partial charge in [0, 0.05) is 73.2 Å². The van der Waals surface area contributed by atoms with Gasteiger partial charge in [-0.1, -0.05) is 12.1 Å². The lowest BCUT2D eigenvalue weighted by Crippen LogP contribution is -2.48. The molecule has 0 atom stereocenters. The van der Waals surface area contributed by atoms with E-state index in [4.69, 9.17) is 0 Å². The van der Waals surface area contributed by atoms with Crippen LogP contribution in [-0.2, 0) is 0 Å². The minimum absolute atomic E-state index is 0.0727. The van der Waals surface area contributed by atoms with Gasteiger partial charge in [-0.05, 0) is 42.5 Å². The molecule has 5 rings (SSSR count). The molecule has 0 N–H and O–H groups in total. The minimum atomic E-state index is 0.0727. The van der Waals surface area contributed by atoms with Gasteiger partial charge in [0.05, 0.1) is 11.2 Å². The molecule has 3 aromatic heterocycles. The maximum atomic E-state index is 13.0. The van der Waals surface area contributed by atoms with E-state index in [1.54, 1.807) is 24.8 Å². The lowest BCUT2D eigenvalue weighted by molar-refractivity contribution is 0.0747. The van der Waals surface area contributed by atoms with Crippen LogP contribution in [0.15, 0.2) is 79.4 Å². The zero-order chi connectivity index (χ0) is 20.3. The molecule has 1 saturated heterocycles. The molecule has 30 heavy (non-hydrogen) atoms. The monoisotopic (exact) mass is 395 g/mol. The topological polar surface area (TPSA) is 62.2 Å². The molecule has 1 fully saturated rings. The van der Waals surface area contributed by atoms with Crippen molar-refractivity contribution in [3.63, 3.8) is 0 Å². The summed E-state index contributed by atoms with van der Waals surface area (Å²) < 4.78 is 0. The van der Waals surface area contributed by atoms with Crippen molar-refractivity contribution in [2.24, 2.45) is 0 Å². The second-order valence-electron chi connectivity index (χ2n) is 7.29. The largest absolute Gasteiger partial charge is 0.368 e. The van der Waals surface area contributed by atoms with E-state index in [1.807, 2.05) is 59.5 Å². The van der Waals surface area contributed by atoms with Gasteiger partial charge in [-0.15, -0.1) is 0 Å². The molecule has 0 radical (unpaired) electrons. The Hall–Kier alpha value is -3.80. The number of hydrogen-bond donors (Lipinski definition) is 0. The van der Waals surface area contributed by atoms with Crippen molar-refractivity contribution < 1.29 is 4.79 Å². The van der Waals surface area contributed by atoms with Crippen LogP contribution in [0.3, 0.4) is 0 Å². The fourth-order valence-electron chi connectivity index (χ4n) is 3.91. The number of benzene rings is 1. The molecule has 4 aromatic rings. The molecule has 6 nitrogen and oxygen atoms in total. The Kier molecular flexibility index (Phi) is 4.81. The quantitative estimate of drug-likeness (QED) is 0.530. The van der Waals surface area contributed by atoms with Crippen LogP contribution in [0.25, 0.3) is 22.2 Å². The molecular formula is C24H21N5O. The number of hydrogen-bond acceptors (Lipinski definition) is 5. The van der Waals surface area contributed by atoms with E-state index < -0.39 is 0 Å². The number of carbonyl (C=O) groups excluding carboxylic acids is 1. The van der Waals surface area contributed by atoms with Crippen molar-refractivity contribution in [1.29, 1.82) is 0 Å². The lowest BCUT2D eigenvalue weighted by atomic mass is 10.0. The molecule has 148 valence electrons. The Morgan fingerprint density at radius 3 is 2.30 bits per heavy atom. The maximum Gasteiger partial charge on any atom is 0.253 e. The van der Waals surface area contributed by atoms with Gasteiger partial charge in [0.25, 0.3) is 5.91 Å². The van der Waals surface area contributed by atoms with Gasteiger partial charge in [-0.25, -0.2) is 0 Å². The summed E-state index contributed by atoms with van der Waals surface area (Å²) in [6.07, 6.45) is 7.15. The summed E-state index contributed by atoms with van der Waals surface area (Å²) in [5, 5.41) is 1.01. The highest BCUT2D eigenvalue weighted by molar-refractivity contribution is 5.96. The van der Waals surface area contributed by atoms with Crippen LogP contribution in [0, 0.1) is 0 Å². The van der Waals surface area contributed by atoms with Crippen molar-refractivity contribution in [3.05, 3.63) is 84.9 Å². The molecule has 6 heteroatoms. The fraction of sp³-hybridized carbons (Fsp3) is 0.167. The van der Waals surface area contributed by atoms with E-state index in [2.05, 4.69) is 19.9 Å². The zero-order valence-electron chi connectivity index (χ0n) is 16.5. The SMILES string of the molecule is O=C(c1ccc(-c2nccc3ncccc23)cc1)N1CCN(c2ccncc2)CC1. The molecule has 0 bridgehead atoms. The first-order chi connectivity index (χ1) is 14.8. The Morgan fingerprint density at radius 1 is 0.767 bits per heavy atom. The standard InChI is InChI=1S/C24H21N5O/c30-24(29-16-14-28(15-17-29)20-7-11-25-12-8-20)19-5-3-18(4-6-19)23-21-2-1-10-26-22(21)9-13-27-23/h1-13H,14-17H2. The summed E-state index contributed by atoms with van der Waals surface area (Å²) in [6, 6.07) is 17.6. The molecular weight excluding hydrogens is 374 g/mol. The summed E-state index contributed by atoms with van der Waals surface area (Å²) in [4.78, 5) is 30.2. The zero-order valence-corrected chi connectivity index (χ0v) is 16.5. The molecule has 0 spiro atoms. The van der Waals surface area contributed by atoms with Gasteiger partial charge in [-0.2, -0.15) is 0 Å². The van der Waals surface area contributed by atoms with Gasteiger partial charge >= 0.3 is 0 Å². The Bertz CT molecular complexity index is 1160. The third-order valence-electron chi connectivity index (χ3n) is 5.53. The van der Waals surface area contributed by atoms with Gasteiger partial charge in [0.2, 0.25) is 0 Å². The molecule has 0 saturated carbocycles.